The predicted octanol–water partition coefficient (Wildman–Crippen LogP) is 3.48. The number of nitrogens with zero attached hydrogens (tertiary/aromatic N) is 5. The first kappa shape index (κ1) is 24.5. The molecule has 2 rings (SSSR count). The normalized spacial score (nSPS) is 11.1. The van der Waals surface area contributed by atoms with Crippen molar-refractivity contribution >= 4 is 41.5 Å². The van der Waals surface area contributed by atoms with Gasteiger partial charge in [-0.05, 0) is 30.7 Å². The third-order valence-electron chi connectivity index (χ3n) is 4.00. The van der Waals surface area contributed by atoms with Crippen molar-refractivity contribution in [3.63, 3.8) is 0 Å². The molecule has 0 aliphatic heterocycles. The van der Waals surface area contributed by atoms with Gasteiger partial charge < -0.3 is 19.5 Å². The molecule has 0 amide bonds. The van der Waals surface area contributed by atoms with Crippen LogP contribution in [0.15, 0.2) is 35.6 Å². The maximum atomic E-state index is 5.89. The Labute approximate surface area is 189 Å². The van der Waals surface area contributed by atoms with E-state index in [0.29, 0.717) is 11.6 Å². The van der Waals surface area contributed by atoms with Gasteiger partial charge in [0.05, 0.1) is 6.54 Å². The van der Waals surface area contributed by atoms with Crippen molar-refractivity contribution in [1.29, 1.82) is 0 Å². The molecule has 9 heteroatoms. The highest BCUT2D eigenvalue weighted by Crippen LogP contribution is 2.15. The van der Waals surface area contributed by atoms with Crippen LogP contribution >= 0.6 is 35.6 Å². The summed E-state index contributed by atoms with van der Waals surface area (Å²) in [5.74, 6) is 2.68. The van der Waals surface area contributed by atoms with E-state index in [-0.39, 0.29) is 24.0 Å². The summed E-state index contributed by atoms with van der Waals surface area (Å²) in [6, 6.07) is 7.39. The number of aromatic nitrogens is 3. The summed E-state index contributed by atoms with van der Waals surface area (Å²) in [6.07, 6.45) is 3.65. The quantitative estimate of drug-likeness (QED) is 0.295. The van der Waals surface area contributed by atoms with Crippen LogP contribution < -0.4 is 10.1 Å². The van der Waals surface area contributed by atoms with Crippen molar-refractivity contribution in [3.8, 4) is 5.75 Å². The van der Waals surface area contributed by atoms with E-state index in [0.717, 1.165) is 56.6 Å². The smallest absolute Gasteiger partial charge is 0.193 e. The summed E-state index contributed by atoms with van der Waals surface area (Å²) in [7, 11) is 2.02. The fraction of sp³-hybridized carbons (Fsp3) is 0.526. The lowest BCUT2D eigenvalue weighted by Crippen LogP contribution is -2.42. The first-order valence-electron chi connectivity index (χ1n) is 9.38. The molecule has 1 aromatic carbocycles. The molecule has 0 spiro atoms. The zero-order chi connectivity index (χ0) is 19.5. The lowest BCUT2D eigenvalue weighted by atomic mass is 10.3. The third-order valence-corrected chi connectivity index (χ3v) is 4.26. The van der Waals surface area contributed by atoms with E-state index in [4.69, 9.17) is 16.3 Å². The Kier molecular flexibility index (Phi) is 11.9. The maximum Gasteiger partial charge on any atom is 0.193 e. The minimum Gasteiger partial charge on any atom is -0.492 e. The summed E-state index contributed by atoms with van der Waals surface area (Å²) >= 11 is 5.89. The van der Waals surface area contributed by atoms with Gasteiger partial charge in [0.2, 0.25) is 0 Å². The Balaban J connectivity index is 0.00000392. The van der Waals surface area contributed by atoms with E-state index in [1.54, 1.807) is 6.33 Å². The molecule has 1 N–H and O–H groups in total. The number of aliphatic imine (C=N–C) groups is 1. The Hall–Kier alpha value is -1.55. The van der Waals surface area contributed by atoms with Crippen molar-refractivity contribution < 1.29 is 4.74 Å². The fourth-order valence-corrected chi connectivity index (χ4v) is 2.62. The third kappa shape index (κ3) is 8.22. The van der Waals surface area contributed by atoms with E-state index in [1.165, 1.54) is 0 Å². The largest absolute Gasteiger partial charge is 0.492 e. The number of likely N-dealkylation sites (N-methyl/N-ethyl adjacent to an activating group) is 1. The minimum absolute atomic E-state index is 0. The van der Waals surface area contributed by atoms with Gasteiger partial charge in [-0.2, -0.15) is 0 Å². The van der Waals surface area contributed by atoms with E-state index in [2.05, 4.69) is 43.8 Å². The van der Waals surface area contributed by atoms with Gasteiger partial charge in [-0.3, -0.25) is 4.99 Å². The molecule has 156 valence electrons. The summed E-state index contributed by atoms with van der Waals surface area (Å²) in [5.41, 5.74) is 0. The van der Waals surface area contributed by atoms with E-state index in [9.17, 15) is 0 Å². The molecule has 0 bridgehead atoms. The summed E-state index contributed by atoms with van der Waals surface area (Å²) in [4.78, 5) is 6.74. The number of aryl methyl sites for hydroxylation is 1. The fourth-order valence-electron chi connectivity index (χ4n) is 2.49. The topological polar surface area (TPSA) is 67.6 Å². The summed E-state index contributed by atoms with van der Waals surface area (Å²) < 4.78 is 7.84. The Morgan fingerprint density at radius 3 is 2.71 bits per heavy atom. The number of nitrogens with one attached hydrogen (secondary N) is 1. The predicted molar refractivity (Wildman–Crippen MR) is 125 cm³/mol. The molecule has 0 aliphatic rings. The molecule has 2 aromatic rings. The van der Waals surface area contributed by atoms with Crippen LogP contribution in [0.25, 0.3) is 0 Å². The van der Waals surface area contributed by atoms with Crippen LogP contribution in [0.2, 0.25) is 5.02 Å². The number of benzene rings is 1. The molecule has 1 heterocycles. The maximum absolute atomic E-state index is 5.89. The number of halogens is 2. The highest BCUT2D eigenvalue weighted by molar-refractivity contribution is 14.0. The highest BCUT2D eigenvalue weighted by atomic mass is 127. The van der Waals surface area contributed by atoms with Gasteiger partial charge in [0.1, 0.15) is 24.5 Å². The summed E-state index contributed by atoms with van der Waals surface area (Å²) in [5, 5.41) is 12.2. The monoisotopic (exact) mass is 520 g/mol. The van der Waals surface area contributed by atoms with Crippen LogP contribution in [0, 0.1) is 0 Å². The molecule has 0 aliphatic carbocycles. The van der Waals surface area contributed by atoms with Crippen LogP contribution in [0.1, 0.15) is 26.1 Å². The highest BCUT2D eigenvalue weighted by Gasteiger charge is 2.07. The van der Waals surface area contributed by atoms with Crippen molar-refractivity contribution in [2.75, 3.05) is 33.3 Å². The van der Waals surface area contributed by atoms with E-state index in [1.807, 2.05) is 31.3 Å². The molecule has 0 saturated carbocycles. The van der Waals surface area contributed by atoms with Crippen molar-refractivity contribution in [3.05, 3.63) is 41.4 Å². The molecular weight excluding hydrogens is 491 g/mol. The molecule has 1 aromatic heterocycles. The van der Waals surface area contributed by atoms with Crippen molar-refractivity contribution in [1.82, 2.24) is 25.0 Å². The van der Waals surface area contributed by atoms with Gasteiger partial charge in [0, 0.05) is 38.1 Å². The van der Waals surface area contributed by atoms with Gasteiger partial charge in [-0.25, -0.2) is 0 Å². The second kappa shape index (κ2) is 13.6. The number of hydrogen-bond acceptors (Lipinski definition) is 4. The standard InChI is InChI=1S/C19H29ClN6O.HI/c1-4-10-21-19(22-11-12-26-15-23-24-18(26)5-2)25(3)13-14-27-17-8-6-16(20)7-9-17;/h6-9,15H,4-5,10-14H2,1-3H3,(H,21,22);1H. The first-order chi connectivity index (χ1) is 13.1. The number of rotatable bonds is 10. The van der Waals surface area contributed by atoms with Crippen molar-refractivity contribution in [2.24, 2.45) is 4.99 Å². The second-order valence-electron chi connectivity index (χ2n) is 6.15. The Morgan fingerprint density at radius 2 is 2.04 bits per heavy atom. The molecule has 0 saturated heterocycles. The van der Waals surface area contributed by atoms with Gasteiger partial charge in [0.15, 0.2) is 5.96 Å². The van der Waals surface area contributed by atoms with Gasteiger partial charge in [-0.1, -0.05) is 25.4 Å². The molecule has 0 atom stereocenters. The van der Waals surface area contributed by atoms with E-state index < -0.39 is 0 Å². The Morgan fingerprint density at radius 1 is 1.29 bits per heavy atom. The van der Waals surface area contributed by atoms with Crippen LogP contribution in [0.5, 0.6) is 5.75 Å². The summed E-state index contributed by atoms with van der Waals surface area (Å²) in [6.45, 7) is 7.84. The van der Waals surface area contributed by atoms with Crippen LogP contribution in [-0.4, -0.2) is 58.9 Å². The molecule has 0 unspecified atom stereocenters. The average Bonchev–Trinajstić information content (AvgIpc) is 3.13. The lowest BCUT2D eigenvalue weighted by Gasteiger charge is -2.23. The van der Waals surface area contributed by atoms with Gasteiger partial charge in [0.25, 0.3) is 0 Å². The SMILES string of the molecule is CCCN=C(NCCn1cnnc1CC)N(C)CCOc1ccc(Cl)cc1.I. The Bertz CT molecular complexity index is 707. The lowest BCUT2D eigenvalue weighted by molar-refractivity contribution is 0.281. The zero-order valence-electron chi connectivity index (χ0n) is 16.8. The minimum atomic E-state index is 0. The first-order valence-corrected chi connectivity index (χ1v) is 9.76. The molecular formula is C19H30ClIN6O. The average molecular weight is 521 g/mol. The van der Waals surface area contributed by atoms with Crippen LogP contribution in [-0.2, 0) is 13.0 Å². The second-order valence-corrected chi connectivity index (χ2v) is 6.59. The molecule has 7 nitrogen and oxygen atoms in total. The number of guanidine groups is 1. The number of ether oxygens (including phenoxy) is 1. The molecule has 28 heavy (non-hydrogen) atoms. The van der Waals surface area contributed by atoms with Crippen LogP contribution in [0.4, 0.5) is 0 Å². The van der Waals surface area contributed by atoms with Crippen LogP contribution in [0.3, 0.4) is 0 Å². The zero-order valence-corrected chi connectivity index (χ0v) is 19.9. The molecule has 0 fully saturated rings. The van der Waals surface area contributed by atoms with Gasteiger partial charge >= 0.3 is 0 Å². The number of hydrogen-bond donors (Lipinski definition) is 1. The molecule has 0 radical (unpaired) electrons. The van der Waals surface area contributed by atoms with Crippen molar-refractivity contribution in [2.45, 2.75) is 33.2 Å². The van der Waals surface area contributed by atoms with Gasteiger partial charge in [-0.15, -0.1) is 34.2 Å². The van der Waals surface area contributed by atoms with E-state index >= 15 is 0 Å².